The molecular formula is C11H24N2S. The number of hydrogen-bond donors (Lipinski definition) is 2. The molecule has 0 heterocycles. The molecule has 0 aliphatic heterocycles. The first-order chi connectivity index (χ1) is 6.43. The zero-order chi connectivity index (χ0) is 11.1. The topological polar surface area (TPSA) is 24.1 Å². The highest BCUT2D eigenvalue weighted by molar-refractivity contribution is 7.80. The molecule has 1 atom stereocenters. The smallest absolute Gasteiger partial charge is 0.166 e. The van der Waals surface area contributed by atoms with Crippen LogP contribution in [0.25, 0.3) is 0 Å². The van der Waals surface area contributed by atoms with Crippen molar-refractivity contribution >= 4 is 17.3 Å². The van der Waals surface area contributed by atoms with Crippen molar-refractivity contribution in [2.24, 2.45) is 17.8 Å². The molecule has 2 nitrogen and oxygen atoms in total. The van der Waals surface area contributed by atoms with E-state index < -0.39 is 0 Å². The molecule has 0 aromatic carbocycles. The minimum Gasteiger partial charge on any atom is -0.362 e. The van der Waals surface area contributed by atoms with Crippen molar-refractivity contribution in [2.75, 3.05) is 13.1 Å². The third-order valence-corrected chi connectivity index (χ3v) is 2.68. The minimum absolute atomic E-state index is 0.636. The number of rotatable bonds is 5. The van der Waals surface area contributed by atoms with E-state index in [-0.39, 0.29) is 0 Å². The van der Waals surface area contributed by atoms with Gasteiger partial charge in [0.1, 0.15) is 0 Å². The fourth-order valence-corrected chi connectivity index (χ4v) is 1.02. The van der Waals surface area contributed by atoms with Crippen molar-refractivity contribution in [3.8, 4) is 0 Å². The maximum Gasteiger partial charge on any atom is 0.166 e. The van der Waals surface area contributed by atoms with Crippen LogP contribution in [0.15, 0.2) is 0 Å². The van der Waals surface area contributed by atoms with Gasteiger partial charge in [0.2, 0.25) is 0 Å². The number of hydrogen-bond acceptors (Lipinski definition) is 1. The molecule has 3 heteroatoms. The zero-order valence-corrected chi connectivity index (χ0v) is 10.9. The van der Waals surface area contributed by atoms with Crippen molar-refractivity contribution < 1.29 is 0 Å². The molecule has 0 saturated heterocycles. The highest BCUT2D eigenvalue weighted by Crippen LogP contribution is 2.07. The Morgan fingerprint density at radius 3 is 1.93 bits per heavy atom. The van der Waals surface area contributed by atoms with E-state index in [1.165, 1.54) is 0 Å². The first-order valence-electron chi connectivity index (χ1n) is 5.45. The Hall–Kier alpha value is -0.310. The Morgan fingerprint density at radius 2 is 1.50 bits per heavy atom. The minimum atomic E-state index is 0.636. The lowest BCUT2D eigenvalue weighted by atomic mass is 9.98. The van der Waals surface area contributed by atoms with Crippen molar-refractivity contribution in [3.63, 3.8) is 0 Å². The molecule has 0 radical (unpaired) electrons. The largest absolute Gasteiger partial charge is 0.362 e. The first-order valence-corrected chi connectivity index (χ1v) is 5.86. The van der Waals surface area contributed by atoms with Gasteiger partial charge >= 0.3 is 0 Å². The van der Waals surface area contributed by atoms with Gasteiger partial charge in [0.25, 0.3) is 0 Å². The fourth-order valence-electron chi connectivity index (χ4n) is 0.849. The molecule has 0 rings (SSSR count). The van der Waals surface area contributed by atoms with Crippen molar-refractivity contribution in [3.05, 3.63) is 0 Å². The van der Waals surface area contributed by atoms with Gasteiger partial charge in [-0.15, -0.1) is 0 Å². The summed E-state index contributed by atoms with van der Waals surface area (Å²) in [6.07, 6.45) is 0. The third-order valence-electron chi connectivity index (χ3n) is 2.39. The summed E-state index contributed by atoms with van der Waals surface area (Å²) in [6.45, 7) is 13.0. The normalized spacial score (nSPS) is 13.1. The summed E-state index contributed by atoms with van der Waals surface area (Å²) >= 11 is 5.16. The molecule has 2 N–H and O–H groups in total. The van der Waals surface area contributed by atoms with Crippen LogP contribution in [0.3, 0.4) is 0 Å². The first kappa shape index (κ1) is 13.7. The molecule has 84 valence electrons. The monoisotopic (exact) mass is 216 g/mol. The second-order valence-corrected chi connectivity index (χ2v) is 5.11. The summed E-state index contributed by atoms with van der Waals surface area (Å²) in [5.74, 6) is 2.00. The summed E-state index contributed by atoms with van der Waals surface area (Å²) in [7, 11) is 0. The number of thiocarbonyl (C=S) groups is 1. The molecule has 0 aliphatic carbocycles. The van der Waals surface area contributed by atoms with Crippen LogP contribution in [0.4, 0.5) is 0 Å². The lowest BCUT2D eigenvalue weighted by Gasteiger charge is -2.18. The van der Waals surface area contributed by atoms with Crippen LogP contribution in [-0.2, 0) is 0 Å². The van der Waals surface area contributed by atoms with Gasteiger partial charge in [0.05, 0.1) is 0 Å². The van der Waals surface area contributed by atoms with E-state index >= 15 is 0 Å². The van der Waals surface area contributed by atoms with Gasteiger partial charge in [-0.1, -0.05) is 34.6 Å². The summed E-state index contributed by atoms with van der Waals surface area (Å²) in [6, 6.07) is 0. The Labute approximate surface area is 93.8 Å². The van der Waals surface area contributed by atoms with Crippen molar-refractivity contribution in [1.29, 1.82) is 0 Å². The Kier molecular flexibility index (Phi) is 6.89. The second-order valence-electron chi connectivity index (χ2n) is 4.71. The predicted molar refractivity (Wildman–Crippen MR) is 67.4 cm³/mol. The Morgan fingerprint density at radius 1 is 1.00 bits per heavy atom. The molecule has 0 fully saturated rings. The van der Waals surface area contributed by atoms with E-state index in [0.717, 1.165) is 18.2 Å². The van der Waals surface area contributed by atoms with E-state index in [4.69, 9.17) is 12.2 Å². The van der Waals surface area contributed by atoms with Crippen molar-refractivity contribution in [2.45, 2.75) is 34.6 Å². The van der Waals surface area contributed by atoms with E-state index in [1.807, 2.05) is 0 Å². The Balaban J connectivity index is 3.54. The molecule has 0 aliphatic rings. The van der Waals surface area contributed by atoms with Gasteiger partial charge in [-0.25, -0.2) is 0 Å². The summed E-state index contributed by atoms with van der Waals surface area (Å²) in [5, 5.41) is 7.22. The average Bonchev–Trinajstić information content (AvgIpc) is 2.10. The van der Waals surface area contributed by atoms with Gasteiger partial charge < -0.3 is 10.6 Å². The van der Waals surface area contributed by atoms with Gasteiger partial charge in [-0.3, -0.25) is 0 Å². The molecule has 0 aromatic rings. The molecule has 0 aromatic heterocycles. The quantitative estimate of drug-likeness (QED) is 0.690. The van der Waals surface area contributed by atoms with Gasteiger partial charge in [-0.05, 0) is 30.0 Å². The van der Waals surface area contributed by atoms with Crippen LogP contribution in [0, 0.1) is 17.8 Å². The lowest BCUT2D eigenvalue weighted by Crippen LogP contribution is -2.39. The maximum atomic E-state index is 5.16. The van der Waals surface area contributed by atoms with E-state index in [0.29, 0.717) is 17.8 Å². The van der Waals surface area contributed by atoms with Crippen LogP contribution in [0.2, 0.25) is 0 Å². The van der Waals surface area contributed by atoms with E-state index in [1.54, 1.807) is 0 Å². The molecule has 0 bridgehead atoms. The highest BCUT2D eigenvalue weighted by Gasteiger charge is 2.07. The zero-order valence-electron chi connectivity index (χ0n) is 10.1. The standard InChI is InChI=1S/C11H24N2S/c1-8(2)6-12-11(14)13-7-10(5)9(3)4/h8-10H,6-7H2,1-5H3,(H2,12,13,14). The van der Waals surface area contributed by atoms with E-state index in [9.17, 15) is 0 Å². The second kappa shape index (κ2) is 7.04. The summed E-state index contributed by atoms with van der Waals surface area (Å²) in [4.78, 5) is 0. The Bertz CT molecular complexity index is 167. The summed E-state index contributed by atoms with van der Waals surface area (Å²) in [5.41, 5.74) is 0. The van der Waals surface area contributed by atoms with E-state index in [2.05, 4.69) is 45.3 Å². The van der Waals surface area contributed by atoms with Crippen molar-refractivity contribution in [1.82, 2.24) is 10.6 Å². The molecule has 1 unspecified atom stereocenters. The number of nitrogens with one attached hydrogen (secondary N) is 2. The average molecular weight is 216 g/mol. The predicted octanol–water partition coefficient (Wildman–Crippen LogP) is 2.40. The van der Waals surface area contributed by atoms with Gasteiger partial charge in [0.15, 0.2) is 5.11 Å². The fraction of sp³-hybridized carbons (Fsp3) is 0.909. The summed E-state index contributed by atoms with van der Waals surface area (Å²) < 4.78 is 0. The molecule has 14 heavy (non-hydrogen) atoms. The lowest BCUT2D eigenvalue weighted by molar-refractivity contribution is 0.414. The van der Waals surface area contributed by atoms with Gasteiger partial charge in [0, 0.05) is 13.1 Å². The molecule has 0 spiro atoms. The van der Waals surface area contributed by atoms with Crippen LogP contribution in [0.5, 0.6) is 0 Å². The third kappa shape index (κ3) is 7.13. The van der Waals surface area contributed by atoms with Crippen LogP contribution in [0.1, 0.15) is 34.6 Å². The molecule has 0 amide bonds. The molecular weight excluding hydrogens is 192 g/mol. The molecule has 0 saturated carbocycles. The highest BCUT2D eigenvalue weighted by atomic mass is 32.1. The van der Waals surface area contributed by atoms with Gasteiger partial charge in [-0.2, -0.15) is 0 Å². The maximum absolute atomic E-state index is 5.16. The van der Waals surface area contributed by atoms with Crippen LogP contribution in [-0.4, -0.2) is 18.2 Å². The van der Waals surface area contributed by atoms with Crippen LogP contribution >= 0.6 is 12.2 Å². The SMILES string of the molecule is CC(C)CNC(=S)NCC(C)C(C)C. The van der Waals surface area contributed by atoms with Crippen LogP contribution < -0.4 is 10.6 Å².